The summed E-state index contributed by atoms with van der Waals surface area (Å²) in [6.45, 7) is 5.38. The number of rotatable bonds is 9. The molecule has 6 heteroatoms. The van der Waals surface area contributed by atoms with Crippen LogP contribution in [-0.2, 0) is 27.4 Å². The third kappa shape index (κ3) is 6.06. The first kappa shape index (κ1) is 19.4. The Bertz CT molecular complexity index is 710. The van der Waals surface area contributed by atoms with Crippen molar-refractivity contribution >= 4 is 5.91 Å². The Morgan fingerprint density at radius 3 is 2.19 bits per heavy atom. The second kappa shape index (κ2) is 10.1. The second-order valence-corrected chi connectivity index (χ2v) is 6.30. The summed E-state index contributed by atoms with van der Waals surface area (Å²) < 4.78 is 16.4. The fourth-order valence-corrected chi connectivity index (χ4v) is 2.80. The number of carbonyl (C=O) groups excluding carboxylic acids is 1. The molecule has 6 nitrogen and oxygen atoms in total. The van der Waals surface area contributed by atoms with E-state index in [0.29, 0.717) is 25.5 Å². The van der Waals surface area contributed by atoms with Gasteiger partial charge < -0.3 is 24.8 Å². The lowest BCUT2D eigenvalue weighted by Gasteiger charge is -2.11. The zero-order chi connectivity index (χ0) is 18.9. The highest BCUT2D eigenvalue weighted by molar-refractivity contribution is 5.77. The molecule has 1 fully saturated rings. The molecule has 2 N–H and O–H groups in total. The first-order chi connectivity index (χ1) is 13.2. The van der Waals surface area contributed by atoms with E-state index < -0.39 is 0 Å². The van der Waals surface area contributed by atoms with Crippen molar-refractivity contribution in [2.45, 2.75) is 26.3 Å². The molecule has 1 aliphatic rings. The Balaban J connectivity index is 1.40. The van der Waals surface area contributed by atoms with Crippen LogP contribution in [0, 0.1) is 0 Å². The minimum absolute atomic E-state index is 0.0400. The van der Waals surface area contributed by atoms with Gasteiger partial charge in [-0.25, -0.2) is 0 Å². The summed E-state index contributed by atoms with van der Waals surface area (Å²) in [4.78, 5) is 11.4. The van der Waals surface area contributed by atoms with Crippen LogP contribution in [0.1, 0.15) is 29.9 Å². The van der Waals surface area contributed by atoms with E-state index in [2.05, 4.69) is 22.8 Å². The summed E-state index contributed by atoms with van der Waals surface area (Å²) in [5.41, 5.74) is 3.42. The monoisotopic (exact) mass is 370 g/mol. The molecule has 1 aliphatic heterocycles. The predicted octanol–water partition coefficient (Wildman–Crippen LogP) is 2.54. The molecule has 27 heavy (non-hydrogen) atoms. The average Bonchev–Trinajstić information content (AvgIpc) is 3.23. The Kier molecular flexibility index (Phi) is 7.21. The van der Waals surface area contributed by atoms with Crippen LogP contribution in [0.4, 0.5) is 0 Å². The van der Waals surface area contributed by atoms with Crippen LogP contribution in [0.15, 0.2) is 48.5 Å². The molecule has 2 aromatic rings. The summed E-state index contributed by atoms with van der Waals surface area (Å²) in [5.74, 6) is 0.581. The van der Waals surface area contributed by atoms with Crippen molar-refractivity contribution in [3.05, 3.63) is 65.2 Å². The van der Waals surface area contributed by atoms with Crippen molar-refractivity contribution in [2.24, 2.45) is 0 Å². The van der Waals surface area contributed by atoms with Gasteiger partial charge in [-0.1, -0.05) is 36.4 Å². The fraction of sp³-hybridized carbons (Fsp3) is 0.381. The highest BCUT2D eigenvalue weighted by Crippen LogP contribution is 2.23. The van der Waals surface area contributed by atoms with Crippen LogP contribution in [0.3, 0.4) is 0 Å². The molecule has 0 radical (unpaired) electrons. The average molecular weight is 370 g/mol. The Labute approximate surface area is 159 Å². The van der Waals surface area contributed by atoms with E-state index in [4.69, 9.17) is 14.2 Å². The summed E-state index contributed by atoms with van der Waals surface area (Å²) in [7, 11) is 0. The minimum atomic E-state index is -0.221. The summed E-state index contributed by atoms with van der Waals surface area (Å²) in [5, 5.41) is 6.13. The maximum absolute atomic E-state index is 11.4. The molecule has 1 heterocycles. The molecule has 0 atom stereocenters. The van der Waals surface area contributed by atoms with Gasteiger partial charge in [-0.15, -0.1) is 0 Å². The molecule has 0 saturated carbocycles. The van der Waals surface area contributed by atoms with E-state index in [0.717, 1.165) is 24.2 Å². The van der Waals surface area contributed by atoms with Gasteiger partial charge >= 0.3 is 0 Å². The lowest BCUT2D eigenvalue weighted by Crippen LogP contribution is -2.28. The smallest absolute Gasteiger partial charge is 0.257 e. The topological polar surface area (TPSA) is 68.8 Å². The van der Waals surface area contributed by atoms with Gasteiger partial charge in [0.25, 0.3) is 5.91 Å². The maximum Gasteiger partial charge on any atom is 0.257 e. The van der Waals surface area contributed by atoms with Crippen molar-refractivity contribution < 1.29 is 19.0 Å². The van der Waals surface area contributed by atoms with Crippen LogP contribution >= 0.6 is 0 Å². The standard InChI is InChI=1S/C21H26N2O4/c1-2-23-20(24)15-27-19-9-5-17(6-10-19)14-22-13-16-3-7-18(8-4-16)21-25-11-12-26-21/h3-10,21-22H,2,11-15H2,1H3,(H,23,24). The van der Waals surface area contributed by atoms with Crippen molar-refractivity contribution in [2.75, 3.05) is 26.4 Å². The fourth-order valence-electron chi connectivity index (χ4n) is 2.80. The zero-order valence-corrected chi connectivity index (χ0v) is 15.6. The molecule has 0 unspecified atom stereocenters. The van der Waals surface area contributed by atoms with Gasteiger partial charge in [0.1, 0.15) is 5.75 Å². The lowest BCUT2D eigenvalue weighted by molar-refractivity contribution is -0.122. The number of likely N-dealkylation sites (N-methyl/N-ethyl adjacent to an activating group) is 1. The van der Waals surface area contributed by atoms with Gasteiger partial charge in [-0.05, 0) is 30.2 Å². The van der Waals surface area contributed by atoms with Gasteiger partial charge in [0.15, 0.2) is 12.9 Å². The molecule has 3 rings (SSSR count). The number of hydrogen-bond donors (Lipinski definition) is 2. The van der Waals surface area contributed by atoms with E-state index in [-0.39, 0.29) is 18.8 Å². The lowest BCUT2D eigenvalue weighted by atomic mass is 10.1. The quantitative estimate of drug-likeness (QED) is 0.710. The number of amides is 1. The summed E-state index contributed by atoms with van der Waals surface area (Å²) in [6.07, 6.45) is -0.221. The predicted molar refractivity (Wildman–Crippen MR) is 102 cm³/mol. The van der Waals surface area contributed by atoms with Gasteiger partial charge in [0.05, 0.1) is 13.2 Å². The molecule has 1 saturated heterocycles. The second-order valence-electron chi connectivity index (χ2n) is 6.30. The van der Waals surface area contributed by atoms with Crippen LogP contribution in [0.2, 0.25) is 0 Å². The van der Waals surface area contributed by atoms with Crippen LogP contribution in [-0.4, -0.2) is 32.3 Å². The highest BCUT2D eigenvalue weighted by atomic mass is 16.7. The molecule has 1 amide bonds. The van der Waals surface area contributed by atoms with E-state index in [1.807, 2.05) is 43.3 Å². The zero-order valence-electron chi connectivity index (χ0n) is 15.6. The van der Waals surface area contributed by atoms with E-state index in [1.165, 1.54) is 5.56 Å². The molecule has 2 aromatic carbocycles. The first-order valence-electron chi connectivity index (χ1n) is 9.26. The van der Waals surface area contributed by atoms with E-state index in [9.17, 15) is 4.79 Å². The van der Waals surface area contributed by atoms with Gasteiger partial charge in [-0.2, -0.15) is 0 Å². The van der Waals surface area contributed by atoms with Crippen LogP contribution in [0.25, 0.3) is 0 Å². The normalized spacial score (nSPS) is 14.3. The number of hydrogen-bond acceptors (Lipinski definition) is 5. The molecule has 0 spiro atoms. The Morgan fingerprint density at radius 1 is 1.00 bits per heavy atom. The summed E-state index contributed by atoms with van der Waals surface area (Å²) >= 11 is 0. The van der Waals surface area contributed by atoms with Crippen molar-refractivity contribution in [3.63, 3.8) is 0 Å². The van der Waals surface area contributed by atoms with Crippen LogP contribution < -0.4 is 15.4 Å². The number of carbonyl (C=O) groups is 1. The molecule has 144 valence electrons. The summed E-state index contributed by atoms with van der Waals surface area (Å²) in [6, 6.07) is 16.0. The Morgan fingerprint density at radius 2 is 1.59 bits per heavy atom. The highest BCUT2D eigenvalue weighted by Gasteiger charge is 2.17. The first-order valence-corrected chi connectivity index (χ1v) is 9.26. The SMILES string of the molecule is CCNC(=O)COc1ccc(CNCc2ccc(C3OCCO3)cc2)cc1. The molecule has 0 aromatic heterocycles. The molecule has 0 aliphatic carbocycles. The third-order valence-electron chi connectivity index (χ3n) is 4.20. The number of nitrogens with one attached hydrogen (secondary N) is 2. The van der Waals surface area contributed by atoms with Crippen LogP contribution in [0.5, 0.6) is 5.75 Å². The van der Waals surface area contributed by atoms with Gasteiger partial charge in [-0.3, -0.25) is 4.79 Å². The van der Waals surface area contributed by atoms with Crippen molar-refractivity contribution in [1.29, 1.82) is 0 Å². The third-order valence-corrected chi connectivity index (χ3v) is 4.20. The Hall–Kier alpha value is -2.41. The molecular weight excluding hydrogens is 344 g/mol. The largest absolute Gasteiger partial charge is 0.484 e. The van der Waals surface area contributed by atoms with Crippen molar-refractivity contribution in [3.8, 4) is 5.75 Å². The van der Waals surface area contributed by atoms with E-state index >= 15 is 0 Å². The maximum atomic E-state index is 11.4. The minimum Gasteiger partial charge on any atom is -0.484 e. The van der Waals surface area contributed by atoms with Gasteiger partial charge in [0, 0.05) is 25.2 Å². The number of ether oxygens (including phenoxy) is 3. The number of benzene rings is 2. The molecular formula is C21H26N2O4. The van der Waals surface area contributed by atoms with Gasteiger partial charge in [0.2, 0.25) is 0 Å². The van der Waals surface area contributed by atoms with Crippen molar-refractivity contribution in [1.82, 2.24) is 10.6 Å². The molecule has 0 bridgehead atoms. The van der Waals surface area contributed by atoms with E-state index in [1.54, 1.807) is 0 Å².